The molecule has 0 radical (unpaired) electrons. The SMILES string of the molecule is CC.COc1ccc(N(C)c2cc(=O)oc3ccccc23)cc1C1CC1.O=CO. The van der Waals surface area contributed by atoms with Gasteiger partial charge in [0.15, 0.2) is 0 Å². The van der Waals surface area contributed by atoms with E-state index in [1.54, 1.807) is 13.2 Å². The first-order valence-corrected chi connectivity index (χ1v) is 9.61. The monoisotopic (exact) mass is 397 g/mol. The summed E-state index contributed by atoms with van der Waals surface area (Å²) in [6.45, 7) is 3.75. The van der Waals surface area contributed by atoms with Gasteiger partial charge in [-0.1, -0.05) is 26.0 Å². The highest BCUT2D eigenvalue weighted by Crippen LogP contribution is 2.46. The average Bonchev–Trinajstić information content (AvgIpc) is 3.59. The summed E-state index contributed by atoms with van der Waals surface area (Å²) in [5.41, 5.74) is 3.38. The van der Waals surface area contributed by atoms with Gasteiger partial charge in [0.05, 0.1) is 12.8 Å². The molecule has 6 heteroatoms. The average molecular weight is 397 g/mol. The fourth-order valence-electron chi connectivity index (χ4n) is 3.15. The summed E-state index contributed by atoms with van der Waals surface area (Å²) >= 11 is 0. The maximum Gasteiger partial charge on any atom is 0.338 e. The molecule has 0 atom stereocenters. The van der Waals surface area contributed by atoms with Gasteiger partial charge >= 0.3 is 5.63 Å². The van der Waals surface area contributed by atoms with Crippen molar-refractivity contribution in [3.8, 4) is 5.75 Å². The number of methoxy groups -OCH3 is 1. The van der Waals surface area contributed by atoms with Gasteiger partial charge in [-0.25, -0.2) is 4.79 Å². The van der Waals surface area contributed by atoms with E-state index < -0.39 is 0 Å². The van der Waals surface area contributed by atoms with Gasteiger partial charge in [0.1, 0.15) is 11.3 Å². The quantitative estimate of drug-likeness (QED) is 0.483. The van der Waals surface area contributed by atoms with Crippen molar-refractivity contribution in [2.45, 2.75) is 32.6 Å². The molecule has 1 heterocycles. The molecule has 1 aliphatic carbocycles. The van der Waals surface area contributed by atoms with Crippen LogP contribution in [-0.2, 0) is 4.79 Å². The predicted molar refractivity (Wildman–Crippen MR) is 116 cm³/mol. The van der Waals surface area contributed by atoms with E-state index >= 15 is 0 Å². The van der Waals surface area contributed by atoms with Crippen molar-refractivity contribution in [1.82, 2.24) is 0 Å². The van der Waals surface area contributed by atoms with Gasteiger partial charge in [-0.3, -0.25) is 4.79 Å². The van der Waals surface area contributed by atoms with Gasteiger partial charge in [0.25, 0.3) is 6.47 Å². The first kappa shape index (κ1) is 22.0. The molecule has 1 N–H and O–H groups in total. The molecule has 1 aliphatic rings. The standard InChI is InChI=1S/C20H19NO3.C2H6.CH2O2/c1-21(14-9-10-18(23-2)16(11-14)13-7-8-13)17-12-20(22)24-19-6-4-3-5-15(17)19;1-2;2-1-3/h3-6,9-13H,7-8H2,1-2H3;1-2H3;1H,(H,2,3). The molecule has 1 saturated carbocycles. The largest absolute Gasteiger partial charge is 0.496 e. The van der Waals surface area contributed by atoms with Crippen LogP contribution >= 0.6 is 0 Å². The summed E-state index contributed by atoms with van der Waals surface area (Å²) in [6, 6.07) is 15.3. The number of hydrogen-bond donors (Lipinski definition) is 1. The molecule has 0 bridgehead atoms. The third kappa shape index (κ3) is 5.16. The molecular weight excluding hydrogens is 370 g/mol. The molecule has 154 valence electrons. The minimum Gasteiger partial charge on any atom is -0.496 e. The van der Waals surface area contributed by atoms with Crippen molar-refractivity contribution >= 4 is 28.8 Å². The topological polar surface area (TPSA) is 80.0 Å². The van der Waals surface area contributed by atoms with E-state index in [4.69, 9.17) is 19.1 Å². The maximum atomic E-state index is 11.9. The minimum absolute atomic E-state index is 0.250. The summed E-state index contributed by atoms with van der Waals surface area (Å²) in [7, 11) is 3.68. The van der Waals surface area contributed by atoms with E-state index in [1.807, 2.05) is 62.2 Å². The molecule has 0 unspecified atom stereocenters. The van der Waals surface area contributed by atoms with E-state index in [0.29, 0.717) is 11.5 Å². The van der Waals surface area contributed by atoms with E-state index in [-0.39, 0.29) is 12.1 Å². The molecule has 0 amide bonds. The van der Waals surface area contributed by atoms with Gasteiger partial charge in [0.2, 0.25) is 0 Å². The molecule has 3 aromatic rings. The Labute approximate surface area is 170 Å². The summed E-state index contributed by atoms with van der Waals surface area (Å²) in [4.78, 5) is 22.3. The number of rotatable bonds is 4. The number of anilines is 2. The smallest absolute Gasteiger partial charge is 0.338 e. The number of ether oxygens (including phenoxy) is 1. The zero-order valence-electron chi connectivity index (χ0n) is 17.2. The van der Waals surface area contributed by atoms with Crippen LogP contribution in [0.15, 0.2) is 57.7 Å². The number of fused-ring (bicyclic) bond motifs is 1. The van der Waals surface area contributed by atoms with Crippen molar-refractivity contribution in [3.05, 3.63) is 64.5 Å². The summed E-state index contributed by atoms with van der Waals surface area (Å²) in [5.74, 6) is 1.53. The van der Waals surface area contributed by atoms with Crippen LogP contribution in [0.4, 0.5) is 11.4 Å². The Balaban J connectivity index is 0.000000551. The Hall–Kier alpha value is -3.28. The fraction of sp³-hybridized carbons (Fsp3) is 0.304. The lowest BCUT2D eigenvalue weighted by Crippen LogP contribution is -2.13. The fourth-order valence-corrected chi connectivity index (χ4v) is 3.15. The predicted octanol–water partition coefficient (Wildman–Crippen LogP) is 5.17. The zero-order valence-corrected chi connectivity index (χ0v) is 17.2. The van der Waals surface area contributed by atoms with Crippen molar-refractivity contribution in [2.75, 3.05) is 19.1 Å². The normalized spacial score (nSPS) is 12.1. The molecule has 1 aromatic heterocycles. The molecule has 6 nitrogen and oxygen atoms in total. The number of carbonyl (C=O) groups is 1. The molecule has 1 fully saturated rings. The van der Waals surface area contributed by atoms with Crippen LogP contribution in [0, 0.1) is 0 Å². The highest BCUT2D eigenvalue weighted by Gasteiger charge is 2.27. The van der Waals surface area contributed by atoms with Crippen molar-refractivity contribution in [2.24, 2.45) is 0 Å². The summed E-state index contributed by atoms with van der Waals surface area (Å²) in [6.07, 6.45) is 2.42. The lowest BCUT2D eigenvalue weighted by molar-refractivity contribution is -0.122. The Bertz CT molecular complexity index is 1010. The minimum atomic E-state index is -0.341. The van der Waals surface area contributed by atoms with E-state index in [1.165, 1.54) is 18.4 Å². The van der Waals surface area contributed by atoms with E-state index in [9.17, 15) is 4.79 Å². The number of carboxylic acid groups (broad SMARTS) is 1. The number of nitrogens with zero attached hydrogens (tertiary/aromatic N) is 1. The molecule has 29 heavy (non-hydrogen) atoms. The molecule has 0 saturated heterocycles. The van der Waals surface area contributed by atoms with Crippen LogP contribution in [0.3, 0.4) is 0 Å². The lowest BCUT2D eigenvalue weighted by atomic mass is 10.1. The molecular formula is C23H27NO5. The Morgan fingerprint density at radius 1 is 1.14 bits per heavy atom. The van der Waals surface area contributed by atoms with Crippen LogP contribution < -0.4 is 15.3 Å². The van der Waals surface area contributed by atoms with Crippen molar-refractivity contribution < 1.29 is 19.1 Å². The van der Waals surface area contributed by atoms with Crippen LogP contribution in [0.5, 0.6) is 5.75 Å². The third-order valence-corrected chi connectivity index (χ3v) is 4.61. The highest BCUT2D eigenvalue weighted by molar-refractivity contribution is 5.92. The highest BCUT2D eigenvalue weighted by atomic mass is 16.5. The first-order valence-electron chi connectivity index (χ1n) is 9.61. The van der Waals surface area contributed by atoms with Crippen LogP contribution in [0.1, 0.15) is 38.2 Å². The zero-order chi connectivity index (χ0) is 21.4. The second kappa shape index (κ2) is 10.3. The van der Waals surface area contributed by atoms with Crippen LogP contribution in [0.2, 0.25) is 0 Å². The Morgan fingerprint density at radius 3 is 2.41 bits per heavy atom. The first-order chi connectivity index (χ1) is 14.1. The van der Waals surface area contributed by atoms with Gasteiger partial charge in [0, 0.05) is 24.2 Å². The van der Waals surface area contributed by atoms with Crippen molar-refractivity contribution in [1.29, 1.82) is 0 Å². The van der Waals surface area contributed by atoms with Gasteiger partial charge in [-0.2, -0.15) is 0 Å². The summed E-state index contributed by atoms with van der Waals surface area (Å²) < 4.78 is 10.8. The summed E-state index contributed by atoms with van der Waals surface area (Å²) in [5, 5.41) is 7.81. The van der Waals surface area contributed by atoms with E-state index in [2.05, 4.69) is 6.07 Å². The Kier molecular flexibility index (Phi) is 7.83. The lowest BCUT2D eigenvalue weighted by Gasteiger charge is -2.22. The maximum absolute atomic E-state index is 11.9. The van der Waals surface area contributed by atoms with Crippen molar-refractivity contribution in [3.63, 3.8) is 0 Å². The van der Waals surface area contributed by atoms with Gasteiger partial charge in [-0.15, -0.1) is 0 Å². The van der Waals surface area contributed by atoms with Crippen LogP contribution in [0.25, 0.3) is 11.0 Å². The number of benzene rings is 2. The number of hydrogen-bond acceptors (Lipinski definition) is 5. The second-order valence-electron chi connectivity index (χ2n) is 6.31. The molecule has 0 spiro atoms. The molecule has 0 aliphatic heterocycles. The Morgan fingerprint density at radius 2 is 1.79 bits per heavy atom. The van der Waals surface area contributed by atoms with Gasteiger partial charge in [-0.05, 0) is 54.7 Å². The number of para-hydroxylation sites is 1. The van der Waals surface area contributed by atoms with Crippen LogP contribution in [-0.4, -0.2) is 25.7 Å². The third-order valence-electron chi connectivity index (χ3n) is 4.61. The second-order valence-corrected chi connectivity index (χ2v) is 6.31. The van der Waals surface area contributed by atoms with E-state index in [0.717, 1.165) is 22.5 Å². The molecule has 4 rings (SSSR count). The molecule has 2 aromatic carbocycles. The van der Waals surface area contributed by atoms with Gasteiger partial charge < -0.3 is 19.2 Å².